The average Bonchev–Trinajstić information content (AvgIpc) is 3.09. The van der Waals surface area contributed by atoms with Crippen LogP contribution in [0.2, 0.25) is 0 Å². The van der Waals surface area contributed by atoms with E-state index in [1.54, 1.807) is 23.5 Å². The summed E-state index contributed by atoms with van der Waals surface area (Å²) in [7, 11) is 0. The van der Waals surface area contributed by atoms with Crippen molar-refractivity contribution in [3.8, 4) is 0 Å². The van der Waals surface area contributed by atoms with Gasteiger partial charge in [-0.05, 0) is 53.2 Å². The van der Waals surface area contributed by atoms with Crippen molar-refractivity contribution in [2.24, 2.45) is 5.73 Å². The number of rotatable bonds is 9. The number of amides is 1. The Morgan fingerprint density at radius 1 is 1.22 bits per heavy atom. The van der Waals surface area contributed by atoms with Gasteiger partial charge in [-0.25, -0.2) is 0 Å². The topological polar surface area (TPSA) is 58.4 Å². The van der Waals surface area contributed by atoms with Gasteiger partial charge in [-0.1, -0.05) is 26.0 Å². The van der Waals surface area contributed by atoms with Gasteiger partial charge in [-0.2, -0.15) is 11.3 Å². The Hall–Kier alpha value is -1.69. The zero-order valence-corrected chi connectivity index (χ0v) is 14.6. The maximum atomic E-state index is 11.1. The summed E-state index contributed by atoms with van der Waals surface area (Å²) in [5.74, 6) is -0.386. The highest BCUT2D eigenvalue weighted by atomic mass is 32.1. The van der Waals surface area contributed by atoms with E-state index in [9.17, 15) is 4.79 Å². The first kappa shape index (κ1) is 17.7. The number of nitrogens with two attached hydrogens (primary N) is 1. The first-order valence-electron chi connectivity index (χ1n) is 8.01. The van der Waals surface area contributed by atoms with E-state index in [1.807, 2.05) is 12.1 Å². The largest absolute Gasteiger partial charge is 0.366 e. The lowest BCUT2D eigenvalue weighted by Gasteiger charge is -2.29. The Balaban J connectivity index is 1.94. The maximum Gasteiger partial charge on any atom is 0.248 e. The number of thiophene rings is 1. The van der Waals surface area contributed by atoms with Crippen LogP contribution in [-0.2, 0) is 6.54 Å². The van der Waals surface area contributed by atoms with Crippen LogP contribution in [0.4, 0.5) is 0 Å². The summed E-state index contributed by atoms with van der Waals surface area (Å²) in [4.78, 5) is 13.6. The number of hydrogen-bond acceptors (Lipinski definition) is 4. The molecular weight excluding hydrogens is 306 g/mol. The van der Waals surface area contributed by atoms with E-state index >= 15 is 0 Å². The van der Waals surface area contributed by atoms with E-state index in [0.717, 1.165) is 31.7 Å². The van der Waals surface area contributed by atoms with E-state index in [2.05, 4.69) is 40.9 Å². The third-order valence-corrected chi connectivity index (χ3v) is 4.79. The summed E-state index contributed by atoms with van der Waals surface area (Å²) in [6, 6.07) is 10.0. The second kappa shape index (κ2) is 8.82. The second-order valence-corrected chi connectivity index (χ2v) is 6.27. The Labute approximate surface area is 142 Å². The molecule has 0 radical (unpaired) electrons. The van der Waals surface area contributed by atoms with Gasteiger partial charge < -0.3 is 11.1 Å². The molecule has 0 saturated heterocycles. The van der Waals surface area contributed by atoms with Crippen LogP contribution in [0.3, 0.4) is 0 Å². The fraction of sp³-hybridized carbons (Fsp3) is 0.389. The number of hydrogen-bond donors (Lipinski definition) is 2. The predicted octanol–water partition coefficient (Wildman–Crippen LogP) is 3.02. The Morgan fingerprint density at radius 3 is 2.43 bits per heavy atom. The molecule has 0 aliphatic rings. The number of benzene rings is 1. The first-order chi connectivity index (χ1) is 11.2. The van der Waals surface area contributed by atoms with E-state index in [1.165, 1.54) is 5.56 Å². The van der Waals surface area contributed by atoms with Crippen molar-refractivity contribution in [1.29, 1.82) is 0 Å². The van der Waals surface area contributed by atoms with Crippen molar-refractivity contribution < 1.29 is 4.79 Å². The van der Waals surface area contributed by atoms with Crippen molar-refractivity contribution in [1.82, 2.24) is 10.2 Å². The van der Waals surface area contributed by atoms with Gasteiger partial charge in [0.2, 0.25) is 5.91 Å². The molecule has 2 rings (SSSR count). The van der Waals surface area contributed by atoms with E-state index in [0.29, 0.717) is 11.6 Å². The van der Waals surface area contributed by atoms with Crippen LogP contribution < -0.4 is 11.1 Å². The minimum atomic E-state index is -0.386. The molecule has 1 aromatic heterocycles. The van der Waals surface area contributed by atoms with Gasteiger partial charge in [0.15, 0.2) is 0 Å². The quantitative estimate of drug-likeness (QED) is 0.742. The van der Waals surface area contributed by atoms with E-state index < -0.39 is 0 Å². The molecule has 0 saturated carbocycles. The highest BCUT2D eigenvalue weighted by Crippen LogP contribution is 2.22. The van der Waals surface area contributed by atoms with Gasteiger partial charge in [0.05, 0.1) is 0 Å². The van der Waals surface area contributed by atoms with Gasteiger partial charge in [-0.3, -0.25) is 9.69 Å². The molecular formula is C18H25N3OS. The summed E-state index contributed by atoms with van der Waals surface area (Å²) >= 11 is 1.74. The highest BCUT2D eigenvalue weighted by Gasteiger charge is 2.17. The molecule has 1 heterocycles. The number of nitrogens with zero attached hydrogens (tertiary/aromatic N) is 1. The van der Waals surface area contributed by atoms with Gasteiger partial charge in [0.1, 0.15) is 0 Å². The standard InChI is InChI=1S/C18H25N3OS/c1-3-21(4-2)17(16-9-10-23-13-16)12-20-11-14-5-7-15(8-6-14)18(19)22/h5-10,13,17,20H,3-4,11-12H2,1-2H3,(H2,19,22)/t17-/m0/s1. The molecule has 3 N–H and O–H groups in total. The lowest BCUT2D eigenvalue weighted by molar-refractivity contribution is 0.100. The molecule has 0 spiro atoms. The summed E-state index contributed by atoms with van der Waals surface area (Å²) in [6.07, 6.45) is 0. The van der Waals surface area contributed by atoms with Crippen LogP contribution in [0.25, 0.3) is 0 Å². The molecule has 124 valence electrons. The second-order valence-electron chi connectivity index (χ2n) is 5.49. The Morgan fingerprint density at radius 2 is 1.91 bits per heavy atom. The molecule has 0 aliphatic carbocycles. The normalized spacial score (nSPS) is 12.5. The monoisotopic (exact) mass is 331 g/mol. The summed E-state index contributed by atoms with van der Waals surface area (Å²) in [5.41, 5.74) is 8.33. The molecule has 5 heteroatoms. The first-order valence-corrected chi connectivity index (χ1v) is 8.95. The summed E-state index contributed by atoms with van der Waals surface area (Å²) < 4.78 is 0. The van der Waals surface area contributed by atoms with Crippen LogP contribution >= 0.6 is 11.3 Å². The van der Waals surface area contributed by atoms with Gasteiger partial charge >= 0.3 is 0 Å². The van der Waals surface area contributed by atoms with Crippen LogP contribution in [0.5, 0.6) is 0 Å². The Kier molecular flexibility index (Phi) is 6.77. The van der Waals surface area contributed by atoms with Crippen molar-refractivity contribution >= 4 is 17.2 Å². The molecule has 1 aromatic carbocycles. The van der Waals surface area contributed by atoms with Crippen LogP contribution in [-0.4, -0.2) is 30.4 Å². The minimum Gasteiger partial charge on any atom is -0.366 e. The maximum absolute atomic E-state index is 11.1. The molecule has 2 aromatic rings. The molecule has 4 nitrogen and oxygen atoms in total. The summed E-state index contributed by atoms with van der Waals surface area (Å²) in [6.45, 7) is 8.14. The number of primary amides is 1. The average molecular weight is 331 g/mol. The van der Waals surface area contributed by atoms with E-state index in [4.69, 9.17) is 5.73 Å². The highest BCUT2D eigenvalue weighted by molar-refractivity contribution is 7.07. The third kappa shape index (κ3) is 4.89. The molecule has 0 bridgehead atoms. The molecule has 0 unspecified atom stereocenters. The number of carbonyl (C=O) groups is 1. The van der Waals surface area contributed by atoms with Gasteiger partial charge in [0, 0.05) is 24.7 Å². The number of carbonyl (C=O) groups excluding carboxylic acids is 1. The van der Waals surface area contributed by atoms with Crippen molar-refractivity contribution in [3.05, 3.63) is 57.8 Å². The fourth-order valence-corrected chi connectivity index (χ4v) is 3.43. The molecule has 1 amide bonds. The lowest BCUT2D eigenvalue weighted by Crippen LogP contribution is -2.35. The van der Waals surface area contributed by atoms with Crippen LogP contribution in [0.15, 0.2) is 41.1 Å². The van der Waals surface area contributed by atoms with Gasteiger partial charge in [0.25, 0.3) is 0 Å². The minimum absolute atomic E-state index is 0.386. The number of likely N-dealkylation sites (N-methyl/N-ethyl adjacent to an activating group) is 1. The molecule has 0 aliphatic heterocycles. The summed E-state index contributed by atoms with van der Waals surface area (Å²) in [5, 5.41) is 7.90. The molecule has 1 atom stereocenters. The van der Waals surface area contributed by atoms with Crippen molar-refractivity contribution in [2.45, 2.75) is 26.4 Å². The molecule has 0 fully saturated rings. The predicted molar refractivity (Wildman–Crippen MR) is 96.6 cm³/mol. The fourth-order valence-electron chi connectivity index (χ4n) is 2.73. The van der Waals surface area contributed by atoms with Crippen LogP contribution in [0.1, 0.15) is 41.4 Å². The molecule has 23 heavy (non-hydrogen) atoms. The van der Waals surface area contributed by atoms with Crippen molar-refractivity contribution in [3.63, 3.8) is 0 Å². The SMILES string of the molecule is CCN(CC)[C@@H](CNCc1ccc(C(N)=O)cc1)c1ccsc1. The zero-order chi connectivity index (χ0) is 16.7. The smallest absolute Gasteiger partial charge is 0.248 e. The third-order valence-electron chi connectivity index (χ3n) is 4.09. The van der Waals surface area contributed by atoms with E-state index in [-0.39, 0.29) is 5.91 Å². The van der Waals surface area contributed by atoms with Gasteiger partial charge in [-0.15, -0.1) is 0 Å². The Bertz CT molecular complexity index is 591. The number of nitrogens with one attached hydrogen (secondary N) is 1. The zero-order valence-electron chi connectivity index (χ0n) is 13.8. The van der Waals surface area contributed by atoms with Crippen molar-refractivity contribution in [2.75, 3.05) is 19.6 Å². The van der Waals surface area contributed by atoms with Crippen LogP contribution in [0, 0.1) is 0 Å². The lowest BCUT2D eigenvalue weighted by atomic mass is 10.1.